The van der Waals surface area contributed by atoms with E-state index in [-0.39, 0.29) is 12.7 Å². The Kier molecular flexibility index (Phi) is 7.94. The van der Waals surface area contributed by atoms with Crippen LogP contribution in [0.4, 0.5) is 0 Å². The molecular weight excluding hydrogens is 436 g/mol. The van der Waals surface area contributed by atoms with Crippen molar-refractivity contribution < 1.29 is 19.1 Å². The van der Waals surface area contributed by atoms with Gasteiger partial charge >= 0.3 is 0 Å². The minimum atomic E-state index is -0.498. The van der Waals surface area contributed by atoms with Crippen molar-refractivity contribution in [2.24, 2.45) is 0 Å². The predicted octanol–water partition coefficient (Wildman–Crippen LogP) is 4.12. The highest BCUT2D eigenvalue weighted by atomic mass is 79.9. The Balaban J connectivity index is 1.79. The molecule has 2 N–H and O–H groups in total. The largest absolute Gasteiger partial charge is 0.491 e. The second kappa shape index (κ2) is 10.2. The number of halogens is 2. The van der Waals surface area contributed by atoms with Gasteiger partial charge in [-0.2, -0.15) is 0 Å². The lowest BCUT2D eigenvalue weighted by atomic mass is 10.2. The van der Waals surface area contributed by atoms with Gasteiger partial charge in [-0.1, -0.05) is 18.5 Å². The highest BCUT2D eigenvalue weighted by Gasteiger charge is 2.10. The average Bonchev–Trinajstić information content (AvgIpc) is 2.65. The zero-order valence-electron chi connectivity index (χ0n) is 14.9. The SMILES string of the molecule is CCC(C)Oc1ccc(C(=O)NNC(=O)COc2ccc(Cl)cc2Br)cc1. The van der Waals surface area contributed by atoms with E-state index < -0.39 is 11.8 Å². The molecule has 0 spiro atoms. The molecule has 0 fully saturated rings. The first-order valence-electron chi connectivity index (χ1n) is 8.32. The summed E-state index contributed by atoms with van der Waals surface area (Å²) in [6.45, 7) is 3.74. The lowest BCUT2D eigenvalue weighted by molar-refractivity contribution is -0.123. The van der Waals surface area contributed by atoms with Crippen molar-refractivity contribution in [3.63, 3.8) is 0 Å². The third-order valence-electron chi connectivity index (χ3n) is 3.60. The van der Waals surface area contributed by atoms with Gasteiger partial charge in [0.05, 0.1) is 10.6 Å². The number of hydrogen-bond acceptors (Lipinski definition) is 4. The fourth-order valence-electron chi connectivity index (χ4n) is 1.97. The maximum atomic E-state index is 12.1. The molecule has 0 radical (unpaired) electrons. The molecule has 6 nitrogen and oxygen atoms in total. The van der Waals surface area contributed by atoms with Crippen molar-refractivity contribution in [3.05, 3.63) is 57.5 Å². The van der Waals surface area contributed by atoms with Crippen LogP contribution in [-0.2, 0) is 4.79 Å². The van der Waals surface area contributed by atoms with E-state index in [0.29, 0.717) is 26.6 Å². The van der Waals surface area contributed by atoms with Gasteiger partial charge in [0.25, 0.3) is 11.8 Å². The van der Waals surface area contributed by atoms with E-state index in [1.165, 1.54) is 0 Å². The van der Waals surface area contributed by atoms with E-state index in [2.05, 4.69) is 26.8 Å². The summed E-state index contributed by atoms with van der Waals surface area (Å²) in [4.78, 5) is 23.9. The molecule has 2 amide bonds. The molecule has 144 valence electrons. The standard InChI is InChI=1S/C19H20BrClN2O4/c1-3-12(2)27-15-7-4-13(5-8-15)19(25)23-22-18(24)11-26-17-9-6-14(21)10-16(17)20/h4-10,12H,3,11H2,1-2H3,(H,22,24)(H,23,25). The molecule has 0 aliphatic carbocycles. The number of hydrogen-bond donors (Lipinski definition) is 2. The maximum Gasteiger partial charge on any atom is 0.276 e. The Morgan fingerprint density at radius 1 is 1.15 bits per heavy atom. The minimum Gasteiger partial charge on any atom is -0.491 e. The predicted molar refractivity (Wildman–Crippen MR) is 107 cm³/mol. The molecule has 1 unspecified atom stereocenters. The first-order valence-corrected chi connectivity index (χ1v) is 9.50. The van der Waals surface area contributed by atoms with E-state index in [4.69, 9.17) is 21.1 Å². The van der Waals surface area contributed by atoms with Crippen LogP contribution in [-0.4, -0.2) is 24.5 Å². The van der Waals surface area contributed by atoms with Gasteiger partial charge in [0.1, 0.15) is 11.5 Å². The quantitative estimate of drug-likeness (QED) is 0.616. The van der Waals surface area contributed by atoms with Crippen LogP contribution >= 0.6 is 27.5 Å². The van der Waals surface area contributed by atoms with E-state index >= 15 is 0 Å². The number of amides is 2. The van der Waals surface area contributed by atoms with Crippen LogP contribution in [0.1, 0.15) is 30.6 Å². The highest BCUT2D eigenvalue weighted by molar-refractivity contribution is 9.10. The number of rotatable bonds is 7. The van der Waals surface area contributed by atoms with Crippen molar-refractivity contribution in [2.75, 3.05) is 6.61 Å². The van der Waals surface area contributed by atoms with Crippen molar-refractivity contribution >= 4 is 39.3 Å². The molecule has 0 bridgehead atoms. The lowest BCUT2D eigenvalue weighted by Crippen LogP contribution is -2.43. The van der Waals surface area contributed by atoms with Crippen LogP contribution in [0.15, 0.2) is 46.9 Å². The summed E-state index contributed by atoms with van der Waals surface area (Å²) < 4.78 is 11.7. The maximum absolute atomic E-state index is 12.1. The third-order valence-corrected chi connectivity index (χ3v) is 4.45. The van der Waals surface area contributed by atoms with Gasteiger partial charge in [-0.3, -0.25) is 20.4 Å². The van der Waals surface area contributed by atoms with E-state index in [0.717, 1.165) is 6.42 Å². The van der Waals surface area contributed by atoms with Crippen LogP contribution in [0.5, 0.6) is 11.5 Å². The van der Waals surface area contributed by atoms with E-state index in [1.54, 1.807) is 42.5 Å². The number of carbonyl (C=O) groups excluding carboxylic acids is 2. The van der Waals surface area contributed by atoms with Gasteiger partial charge in [0.2, 0.25) is 0 Å². The summed E-state index contributed by atoms with van der Waals surface area (Å²) in [5.41, 5.74) is 5.04. The van der Waals surface area contributed by atoms with E-state index in [9.17, 15) is 9.59 Å². The topological polar surface area (TPSA) is 76.7 Å². The molecule has 0 aromatic heterocycles. The summed E-state index contributed by atoms with van der Waals surface area (Å²) in [7, 11) is 0. The van der Waals surface area contributed by atoms with Crippen LogP contribution in [0, 0.1) is 0 Å². The molecule has 0 saturated heterocycles. The average molecular weight is 456 g/mol. The van der Waals surface area contributed by atoms with Gasteiger partial charge in [0.15, 0.2) is 6.61 Å². The lowest BCUT2D eigenvalue weighted by Gasteiger charge is -2.13. The minimum absolute atomic E-state index is 0.102. The fourth-order valence-corrected chi connectivity index (χ4v) is 2.77. The first-order chi connectivity index (χ1) is 12.9. The molecule has 0 saturated carbocycles. The second-order valence-corrected chi connectivity index (χ2v) is 7.02. The van der Waals surface area contributed by atoms with Crippen molar-refractivity contribution in [3.8, 4) is 11.5 Å². The molecule has 2 aromatic rings. The second-order valence-electron chi connectivity index (χ2n) is 5.73. The molecule has 0 heterocycles. The normalized spacial score (nSPS) is 11.4. The third kappa shape index (κ3) is 6.77. The number of hydrazine groups is 1. The Hall–Kier alpha value is -2.25. The Labute approximate surface area is 171 Å². The van der Waals surface area contributed by atoms with Crippen LogP contribution < -0.4 is 20.3 Å². The van der Waals surface area contributed by atoms with Crippen molar-refractivity contribution in [2.45, 2.75) is 26.4 Å². The van der Waals surface area contributed by atoms with Crippen LogP contribution in [0.25, 0.3) is 0 Å². The Morgan fingerprint density at radius 2 is 1.85 bits per heavy atom. The first kappa shape index (κ1) is 21.1. The van der Waals surface area contributed by atoms with Crippen LogP contribution in [0.3, 0.4) is 0 Å². The molecule has 8 heteroatoms. The number of ether oxygens (including phenoxy) is 2. The van der Waals surface area contributed by atoms with Gasteiger partial charge < -0.3 is 9.47 Å². The number of carbonyl (C=O) groups is 2. The number of nitrogens with one attached hydrogen (secondary N) is 2. The monoisotopic (exact) mass is 454 g/mol. The van der Waals surface area contributed by atoms with Crippen molar-refractivity contribution in [1.82, 2.24) is 10.9 Å². The number of benzene rings is 2. The Bertz CT molecular complexity index is 799. The van der Waals surface area contributed by atoms with Gasteiger partial charge in [-0.15, -0.1) is 0 Å². The van der Waals surface area contributed by atoms with E-state index in [1.807, 2.05) is 13.8 Å². The van der Waals surface area contributed by atoms with Gasteiger partial charge in [0, 0.05) is 10.6 Å². The van der Waals surface area contributed by atoms with Crippen LogP contribution in [0.2, 0.25) is 5.02 Å². The zero-order chi connectivity index (χ0) is 19.8. The molecule has 2 aromatic carbocycles. The summed E-state index contributed by atoms with van der Waals surface area (Å²) in [6.07, 6.45) is 0.993. The summed E-state index contributed by atoms with van der Waals surface area (Å²) in [5, 5.41) is 0.548. The Morgan fingerprint density at radius 3 is 2.48 bits per heavy atom. The molecular formula is C19H20BrClN2O4. The molecule has 27 heavy (non-hydrogen) atoms. The zero-order valence-corrected chi connectivity index (χ0v) is 17.3. The fraction of sp³-hybridized carbons (Fsp3) is 0.263. The van der Waals surface area contributed by atoms with Gasteiger partial charge in [-0.25, -0.2) is 0 Å². The summed E-state index contributed by atoms with van der Waals surface area (Å²) >= 11 is 9.14. The highest BCUT2D eigenvalue weighted by Crippen LogP contribution is 2.27. The van der Waals surface area contributed by atoms with Gasteiger partial charge in [-0.05, 0) is 71.7 Å². The summed E-state index contributed by atoms with van der Waals surface area (Å²) in [6, 6.07) is 11.6. The molecule has 2 rings (SSSR count). The van der Waals surface area contributed by atoms with Crippen molar-refractivity contribution in [1.29, 1.82) is 0 Å². The molecule has 0 aliphatic heterocycles. The summed E-state index contributed by atoms with van der Waals surface area (Å²) in [5.74, 6) is 0.220. The molecule has 0 aliphatic rings. The molecule has 1 atom stereocenters. The smallest absolute Gasteiger partial charge is 0.276 e.